The summed E-state index contributed by atoms with van der Waals surface area (Å²) in [5, 5.41) is 0. The summed E-state index contributed by atoms with van der Waals surface area (Å²) in [6.45, 7) is 2.27. The summed E-state index contributed by atoms with van der Waals surface area (Å²) >= 11 is 7.36. The van der Waals surface area contributed by atoms with Gasteiger partial charge in [0.1, 0.15) is 0 Å². The highest BCUT2D eigenvalue weighted by atomic mass is 79.9. The van der Waals surface area contributed by atoms with Gasteiger partial charge in [0.15, 0.2) is 5.78 Å². The van der Waals surface area contributed by atoms with Crippen molar-refractivity contribution in [1.82, 2.24) is 0 Å². The highest BCUT2D eigenvalue weighted by molar-refractivity contribution is 9.10. The van der Waals surface area contributed by atoms with Crippen LogP contribution in [0.25, 0.3) is 11.1 Å². The third-order valence-electron chi connectivity index (χ3n) is 6.44. The fraction of sp³-hybridized carbons (Fsp3) is 0.458. The van der Waals surface area contributed by atoms with Gasteiger partial charge in [-0.05, 0) is 53.3 Å². The van der Waals surface area contributed by atoms with Crippen LogP contribution in [-0.2, 0) is 5.41 Å². The van der Waals surface area contributed by atoms with Crippen LogP contribution in [0.1, 0.15) is 86.2 Å². The lowest BCUT2D eigenvalue weighted by Crippen LogP contribution is -2.32. The van der Waals surface area contributed by atoms with Crippen molar-refractivity contribution in [1.29, 1.82) is 0 Å². The van der Waals surface area contributed by atoms with Gasteiger partial charge in [-0.15, -0.1) is 0 Å². The minimum absolute atomic E-state index is 0.00618. The molecule has 0 radical (unpaired) electrons. The van der Waals surface area contributed by atoms with Crippen molar-refractivity contribution in [2.24, 2.45) is 0 Å². The molecule has 0 spiro atoms. The first-order valence-corrected chi connectivity index (χ1v) is 11.8. The molecule has 2 aromatic rings. The summed E-state index contributed by atoms with van der Waals surface area (Å²) in [4.78, 5) is 12.8. The molecule has 3 heteroatoms. The summed E-state index contributed by atoms with van der Waals surface area (Å²) in [7, 11) is 0. The van der Waals surface area contributed by atoms with Gasteiger partial charge in [0.2, 0.25) is 0 Å². The van der Waals surface area contributed by atoms with E-state index in [1.807, 2.05) is 0 Å². The Labute approximate surface area is 179 Å². The van der Waals surface area contributed by atoms with E-state index in [1.165, 1.54) is 60.8 Å². The Bertz CT molecular complexity index is 886. The predicted octanol–water partition coefficient (Wildman–Crippen LogP) is 8.21. The minimum atomic E-state index is 0.00618. The van der Waals surface area contributed by atoms with E-state index in [0.717, 1.165) is 27.4 Å². The van der Waals surface area contributed by atoms with E-state index in [4.69, 9.17) is 0 Å². The molecule has 2 aliphatic carbocycles. The molecule has 2 aliphatic rings. The van der Waals surface area contributed by atoms with Crippen molar-refractivity contribution >= 4 is 37.6 Å². The van der Waals surface area contributed by atoms with Crippen LogP contribution in [0.5, 0.6) is 0 Å². The number of hydrogen-bond acceptors (Lipinski definition) is 1. The molecule has 0 N–H and O–H groups in total. The first-order chi connectivity index (χ1) is 13.1. The Morgan fingerprint density at radius 3 is 2.52 bits per heavy atom. The Balaban J connectivity index is 1.75. The van der Waals surface area contributed by atoms with E-state index in [2.05, 4.69) is 69.1 Å². The number of fused-ring (bicyclic) bond motifs is 3. The number of rotatable bonds is 7. The van der Waals surface area contributed by atoms with E-state index in [-0.39, 0.29) is 5.41 Å². The first-order valence-electron chi connectivity index (χ1n) is 10.2. The van der Waals surface area contributed by atoms with Gasteiger partial charge < -0.3 is 0 Å². The molecule has 0 saturated heterocycles. The van der Waals surface area contributed by atoms with Crippen molar-refractivity contribution in [2.45, 2.75) is 70.1 Å². The number of carbonyl (C=O) groups is 1. The lowest BCUT2D eigenvalue weighted by molar-refractivity contribution is 0.0956. The zero-order chi connectivity index (χ0) is 19.0. The maximum atomic E-state index is 12.8. The number of halogens is 2. The van der Waals surface area contributed by atoms with Crippen LogP contribution in [0.4, 0.5) is 0 Å². The van der Waals surface area contributed by atoms with Crippen molar-refractivity contribution in [3.8, 4) is 11.1 Å². The van der Waals surface area contributed by atoms with Crippen molar-refractivity contribution in [3.63, 3.8) is 0 Å². The van der Waals surface area contributed by atoms with Gasteiger partial charge in [-0.25, -0.2) is 0 Å². The van der Waals surface area contributed by atoms with Gasteiger partial charge in [-0.3, -0.25) is 4.79 Å². The van der Waals surface area contributed by atoms with Crippen LogP contribution in [0, 0.1) is 0 Å². The smallest absolute Gasteiger partial charge is 0.164 e. The lowest BCUT2D eigenvalue weighted by atomic mass is 9.66. The first kappa shape index (κ1) is 19.4. The summed E-state index contributed by atoms with van der Waals surface area (Å²) in [5.74, 6) is 0.296. The third-order valence-corrected chi connectivity index (χ3v) is 7.59. The lowest BCUT2D eigenvalue weighted by Gasteiger charge is -2.37. The van der Waals surface area contributed by atoms with Gasteiger partial charge in [0.05, 0.1) is 0 Å². The van der Waals surface area contributed by atoms with Gasteiger partial charge >= 0.3 is 0 Å². The standard InChI is InChI=1S/C24H26Br2O/c1-2-3-4-5-6-7-13-24-14-12-21(27)22-20(26)11-10-18(23(22)24)17-9-8-16(25)15-19(17)24/h8-11,15H,2-7,12-14H2,1H3. The van der Waals surface area contributed by atoms with E-state index < -0.39 is 0 Å². The van der Waals surface area contributed by atoms with Crippen molar-refractivity contribution < 1.29 is 4.79 Å². The normalized spacial score (nSPS) is 19.9. The van der Waals surface area contributed by atoms with E-state index >= 15 is 0 Å². The van der Waals surface area contributed by atoms with Crippen LogP contribution < -0.4 is 0 Å². The van der Waals surface area contributed by atoms with Crippen LogP contribution in [0.2, 0.25) is 0 Å². The minimum Gasteiger partial charge on any atom is -0.294 e. The molecule has 1 unspecified atom stereocenters. The number of Topliss-reactive ketones (excluding diaryl/α,β-unsaturated/α-hetero) is 1. The second kappa shape index (κ2) is 7.83. The topological polar surface area (TPSA) is 17.1 Å². The molecule has 1 atom stereocenters. The second-order valence-electron chi connectivity index (χ2n) is 8.06. The zero-order valence-corrected chi connectivity index (χ0v) is 19.1. The molecule has 0 fully saturated rings. The molecule has 1 nitrogen and oxygen atoms in total. The number of carbonyl (C=O) groups excluding carboxylic acids is 1. The number of ketones is 1. The van der Waals surface area contributed by atoms with Crippen LogP contribution >= 0.6 is 31.9 Å². The van der Waals surface area contributed by atoms with Gasteiger partial charge in [0, 0.05) is 26.3 Å². The molecule has 27 heavy (non-hydrogen) atoms. The predicted molar refractivity (Wildman–Crippen MR) is 120 cm³/mol. The number of hydrogen-bond donors (Lipinski definition) is 0. The van der Waals surface area contributed by atoms with E-state index in [0.29, 0.717) is 12.2 Å². The monoisotopic (exact) mass is 488 g/mol. The summed E-state index contributed by atoms with van der Waals surface area (Å²) in [5.41, 5.74) is 6.27. The summed E-state index contributed by atoms with van der Waals surface area (Å²) in [6.07, 6.45) is 10.6. The van der Waals surface area contributed by atoms with Gasteiger partial charge in [-0.1, -0.05) is 89.4 Å². The average Bonchev–Trinajstić information content (AvgIpc) is 2.93. The van der Waals surface area contributed by atoms with Crippen molar-refractivity contribution in [3.05, 3.63) is 56.0 Å². The average molecular weight is 490 g/mol. The number of unbranched alkanes of at least 4 members (excludes halogenated alkanes) is 5. The summed E-state index contributed by atoms with van der Waals surface area (Å²) < 4.78 is 2.10. The second-order valence-corrected chi connectivity index (χ2v) is 9.83. The third kappa shape index (κ3) is 3.25. The Morgan fingerprint density at radius 2 is 1.70 bits per heavy atom. The largest absolute Gasteiger partial charge is 0.294 e. The molecule has 2 aromatic carbocycles. The fourth-order valence-electron chi connectivity index (χ4n) is 5.16. The molecule has 0 bridgehead atoms. The highest BCUT2D eigenvalue weighted by Crippen LogP contribution is 2.58. The Morgan fingerprint density at radius 1 is 0.963 bits per heavy atom. The van der Waals surface area contributed by atoms with Crippen molar-refractivity contribution in [2.75, 3.05) is 0 Å². The Kier molecular flexibility index (Phi) is 5.62. The molecular formula is C24H26Br2O. The summed E-state index contributed by atoms with van der Waals surface area (Å²) in [6, 6.07) is 10.9. The van der Waals surface area contributed by atoms with E-state index in [9.17, 15) is 4.79 Å². The zero-order valence-electron chi connectivity index (χ0n) is 15.9. The molecule has 0 heterocycles. The molecule has 0 aliphatic heterocycles. The molecular weight excluding hydrogens is 464 g/mol. The van der Waals surface area contributed by atoms with Crippen LogP contribution in [0.3, 0.4) is 0 Å². The van der Waals surface area contributed by atoms with E-state index in [1.54, 1.807) is 0 Å². The molecule has 142 valence electrons. The molecule has 4 rings (SSSR count). The SMILES string of the molecule is CCCCCCCCC12CCC(=O)c3c(Br)ccc(c31)-c1ccc(Br)cc12. The highest BCUT2D eigenvalue weighted by Gasteiger charge is 2.48. The fourth-order valence-corrected chi connectivity index (χ4v) is 6.07. The van der Waals surface area contributed by atoms with Gasteiger partial charge in [0.25, 0.3) is 0 Å². The number of benzene rings is 2. The maximum absolute atomic E-state index is 12.8. The Hall–Kier alpha value is -0.930. The van der Waals surface area contributed by atoms with Crippen LogP contribution in [-0.4, -0.2) is 5.78 Å². The van der Waals surface area contributed by atoms with Crippen LogP contribution in [0.15, 0.2) is 39.3 Å². The molecule has 0 saturated carbocycles. The quantitative estimate of drug-likeness (QED) is 0.358. The van der Waals surface area contributed by atoms with Gasteiger partial charge in [-0.2, -0.15) is 0 Å². The molecule has 0 aromatic heterocycles. The maximum Gasteiger partial charge on any atom is 0.164 e. The molecule has 0 amide bonds.